The highest BCUT2D eigenvalue weighted by atomic mass is 16.5. The number of esters is 2. The van der Waals surface area contributed by atoms with Crippen molar-refractivity contribution in [3.05, 3.63) is 12.2 Å². The van der Waals surface area contributed by atoms with Crippen molar-refractivity contribution in [3.8, 4) is 0 Å². The van der Waals surface area contributed by atoms with Crippen LogP contribution >= 0.6 is 0 Å². The molecule has 0 saturated carbocycles. The summed E-state index contributed by atoms with van der Waals surface area (Å²) in [5.74, 6) is -1.07. The number of allylic oxidation sites excluding steroid dienone is 2. The molecule has 0 aliphatic heterocycles. The Morgan fingerprint density at radius 3 is 1.47 bits per heavy atom. The molecule has 0 saturated heterocycles. The molecule has 0 bridgehead atoms. The van der Waals surface area contributed by atoms with Crippen LogP contribution in [0, 0.1) is 0 Å². The summed E-state index contributed by atoms with van der Waals surface area (Å²) in [6.07, 6.45) is 3.71. The van der Waals surface area contributed by atoms with Crippen LogP contribution < -0.4 is 0 Å². The largest absolute Gasteiger partial charge is 0.466 e. The molecule has 0 aliphatic rings. The van der Waals surface area contributed by atoms with E-state index in [1.165, 1.54) is 0 Å². The van der Waals surface area contributed by atoms with Gasteiger partial charge in [-0.25, -0.2) is 0 Å². The summed E-state index contributed by atoms with van der Waals surface area (Å²) >= 11 is 0. The highest BCUT2D eigenvalue weighted by Gasteiger charge is 2.09. The predicted octanol–water partition coefficient (Wildman–Crippen LogP) is 2.09. The maximum atomic E-state index is 10.6. The minimum Gasteiger partial charge on any atom is -0.466 e. The maximum Gasteiger partial charge on any atom is 0.317 e. The second-order valence-electron chi connectivity index (χ2n) is 2.45. The van der Waals surface area contributed by atoms with Gasteiger partial charge in [0.25, 0.3) is 0 Å². The molecule has 88 valence electrons. The van der Waals surface area contributed by atoms with Crippen LogP contribution in [0.4, 0.5) is 0 Å². The van der Waals surface area contributed by atoms with Crippen molar-refractivity contribution < 1.29 is 19.1 Å². The Balaban J connectivity index is 0. The van der Waals surface area contributed by atoms with Crippen molar-refractivity contribution >= 4 is 11.9 Å². The normalized spacial score (nSPS) is 9.07. The van der Waals surface area contributed by atoms with Gasteiger partial charge in [0.15, 0.2) is 0 Å². The third-order valence-electron chi connectivity index (χ3n) is 1.23. The third-order valence-corrected chi connectivity index (χ3v) is 1.23. The Bertz CT molecular complexity index is 177. The lowest BCUT2D eigenvalue weighted by Gasteiger charge is -2.00. The standard InChI is InChI=1S/C7H12O4.C4H8/c1-3-10-6(8)5-7(9)11-4-2;1-3-4-2/h3-5H2,1-2H3;3-4H,1-2H3. The molecule has 0 spiro atoms. The Morgan fingerprint density at radius 2 is 1.27 bits per heavy atom. The average Bonchev–Trinajstić information content (AvgIpc) is 2.18. The fourth-order valence-electron chi connectivity index (χ4n) is 0.542. The molecular weight excluding hydrogens is 196 g/mol. The Kier molecular flexibility index (Phi) is 13.6. The van der Waals surface area contributed by atoms with Crippen LogP contribution in [-0.2, 0) is 19.1 Å². The molecule has 15 heavy (non-hydrogen) atoms. The summed E-state index contributed by atoms with van der Waals surface area (Å²) in [5, 5.41) is 0. The molecule has 0 atom stereocenters. The van der Waals surface area contributed by atoms with Gasteiger partial charge in [0.1, 0.15) is 6.42 Å². The van der Waals surface area contributed by atoms with E-state index in [9.17, 15) is 9.59 Å². The monoisotopic (exact) mass is 216 g/mol. The first-order chi connectivity index (χ1) is 7.12. The lowest BCUT2D eigenvalue weighted by atomic mass is 10.4. The van der Waals surface area contributed by atoms with Crippen molar-refractivity contribution in [2.24, 2.45) is 0 Å². The van der Waals surface area contributed by atoms with Crippen molar-refractivity contribution in [1.82, 2.24) is 0 Å². The first-order valence-corrected chi connectivity index (χ1v) is 5.00. The van der Waals surface area contributed by atoms with Gasteiger partial charge in [0, 0.05) is 0 Å². The lowest BCUT2D eigenvalue weighted by molar-refractivity contribution is -0.153. The molecule has 4 nitrogen and oxygen atoms in total. The van der Waals surface area contributed by atoms with Crippen LogP contribution in [0.2, 0.25) is 0 Å². The zero-order valence-corrected chi connectivity index (χ0v) is 9.91. The summed E-state index contributed by atoms with van der Waals surface area (Å²) in [6.45, 7) is 7.95. The van der Waals surface area contributed by atoms with Gasteiger partial charge in [-0.15, -0.1) is 0 Å². The van der Waals surface area contributed by atoms with Gasteiger partial charge in [0.05, 0.1) is 13.2 Å². The van der Waals surface area contributed by atoms with Crippen LogP contribution in [0.5, 0.6) is 0 Å². The zero-order chi connectivity index (χ0) is 12.1. The molecule has 0 radical (unpaired) electrons. The first kappa shape index (κ1) is 16.1. The van der Waals surface area contributed by atoms with Gasteiger partial charge in [-0.05, 0) is 27.7 Å². The van der Waals surface area contributed by atoms with Crippen LogP contribution in [0.3, 0.4) is 0 Å². The van der Waals surface area contributed by atoms with Crippen molar-refractivity contribution in [1.29, 1.82) is 0 Å². The number of hydrogen-bond donors (Lipinski definition) is 0. The summed E-state index contributed by atoms with van der Waals surface area (Å²) in [7, 11) is 0. The van der Waals surface area contributed by atoms with Crippen LogP contribution in [0.25, 0.3) is 0 Å². The maximum absolute atomic E-state index is 10.6. The molecule has 0 heterocycles. The molecule has 0 fully saturated rings. The minimum atomic E-state index is -0.536. The van der Waals surface area contributed by atoms with Gasteiger partial charge in [-0.2, -0.15) is 0 Å². The van der Waals surface area contributed by atoms with Crippen LogP contribution in [0.15, 0.2) is 12.2 Å². The fourth-order valence-corrected chi connectivity index (χ4v) is 0.542. The van der Waals surface area contributed by atoms with Crippen molar-refractivity contribution in [3.63, 3.8) is 0 Å². The average molecular weight is 216 g/mol. The van der Waals surface area contributed by atoms with Gasteiger partial charge in [-0.3, -0.25) is 9.59 Å². The van der Waals surface area contributed by atoms with E-state index < -0.39 is 11.9 Å². The van der Waals surface area contributed by atoms with E-state index in [4.69, 9.17) is 0 Å². The minimum absolute atomic E-state index is 0.290. The number of ether oxygens (including phenoxy) is 2. The molecule has 0 aromatic rings. The van der Waals surface area contributed by atoms with E-state index >= 15 is 0 Å². The molecule has 0 aromatic heterocycles. The van der Waals surface area contributed by atoms with Crippen molar-refractivity contribution in [2.45, 2.75) is 34.1 Å². The molecule has 0 aliphatic carbocycles. The van der Waals surface area contributed by atoms with E-state index in [0.29, 0.717) is 0 Å². The van der Waals surface area contributed by atoms with Gasteiger partial charge >= 0.3 is 11.9 Å². The third kappa shape index (κ3) is 15.4. The Labute approximate surface area is 91.3 Å². The quantitative estimate of drug-likeness (QED) is 0.410. The Morgan fingerprint density at radius 1 is 0.933 bits per heavy atom. The molecule has 0 aromatic carbocycles. The summed E-state index contributed by atoms with van der Waals surface area (Å²) in [4.78, 5) is 21.2. The summed E-state index contributed by atoms with van der Waals surface area (Å²) in [5.41, 5.74) is 0. The predicted molar refractivity (Wildman–Crippen MR) is 58.4 cm³/mol. The first-order valence-electron chi connectivity index (χ1n) is 5.00. The van der Waals surface area contributed by atoms with Crippen LogP contribution in [-0.4, -0.2) is 25.2 Å². The van der Waals surface area contributed by atoms with Gasteiger partial charge < -0.3 is 9.47 Å². The topological polar surface area (TPSA) is 52.6 Å². The zero-order valence-electron chi connectivity index (χ0n) is 9.91. The number of carbonyl (C=O) groups is 2. The molecule has 0 N–H and O–H groups in total. The van der Waals surface area contributed by atoms with Gasteiger partial charge in [-0.1, -0.05) is 12.2 Å². The van der Waals surface area contributed by atoms with Crippen molar-refractivity contribution in [2.75, 3.05) is 13.2 Å². The van der Waals surface area contributed by atoms with Gasteiger partial charge in [0.2, 0.25) is 0 Å². The highest BCUT2D eigenvalue weighted by Crippen LogP contribution is 1.89. The molecular formula is C11H20O4. The SMILES string of the molecule is CC=CC.CCOC(=O)CC(=O)OCC. The smallest absolute Gasteiger partial charge is 0.317 e. The second-order valence-corrected chi connectivity index (χ2v) is 2.45. The van der Waals surface area contributed by atoms with E-state index in [1.54, 1.807) is 13.8 Å². The summed E-state index contributed by atoms with van der Waals surface area (Å²) < 4.78 is 9.04. The number of hydrogen-bond acceptors (Lipinski definition) is 4. The molecule has 0 rings (SSSR count). The molecule has 0 amide bonds. The Hall–Kier alpha value is -1.32. The lowest BCUT2D eigenvalue weighted by Crippen LogP contribution is -2.13. The fraction of sp³-hybridized carbons (Fsp3) is 0.636. The number of carbonyl (C=O) groups excluding carboxylic acids is 2. The van der Waals surface area contributed by atoms with E-state index in [0.717, 1.165) is 0 Å². The van der Waals surface area contributed by atoms with E-state index in [1.807, 2.05) is 26.0 Å². The molecule has 4 heteroatoms. The van der Waals surface area contributed by atoms with Crippen LogP contribution in [0.1, 0.15) is 34.1 Å². The summed E-state index contributed by atoms with van der Waals surface area (Å²) in [6, 6.07) is 0. The highest BCUT2D eigenvalue weighted by molar-refractivity contribution is 5.91. The molecule has 0 unspecified atom stereocenters. The van der Waals surface area contributed by atoms with E-state index in [2.05, 4.69) is 9.47 Å². The number of rotatable bonds is 4. The van der Waals surface area contributed by atoms with E-state index in [-0.39, 0.29) is 19.6 Å². The second kappa shape index (κ2) is 12.7.